The van der Waals surface area contributed by atoms with Crippen LogP contribution in [0.2, 0.25) is 0 Å². The van der Waals surface area contributed by atoms with Gasteiger partial charge in [-0.15, -0.1) is 0 Å². The minimum atomic E-state index is -0.714. The van der Waals surface area contributed by atoms with E-state index in [1.54, 1.807) is 0 Å². The molecule has 94 valence electrons. The highest BCUT2D eigenvalue weighted by Crippen LogP contribution is 2.43. The average molecular weight is 227 g/mol. The van der Waals surface area contributed by atoms with Gasteiger partial charge in [-0.05, 0) is 38.5 Å². The molecule has 16 heavy (non-hydrogen) atoms. The van der Waals surface area contributed by atoms with Crippen LogP contribution >= 0.6 is 0 Å². The van der Waals surface area contributed by atoms with Crippen LogP contribution in [0.5, 0.6) is 0 Å². The van der Waals surface area contributed by atoms with Crippen molar-refractivity contribution in [2.24, 2.45) is 11.7 Å². The van der Waals surface area contributed by atoms with Crippen LogP contribution in [0.4, 0.5) is 0 Å². The van der Waals surface area contributed by atoms with Crippen LogP contribution in [-0.2, 0) is 4.74 Å². The summed E-state index contributed by atoms with van der Waals surface area (Å²) < 4.78 is 6.02. The average Bonchev–Trinajstić information content (AvgIpc) is 2.30. The zero-order chi connectivity index (χ0) is 11.6. The Hall–Kier alpha value is -0.120. The van der Waals surface area contributed by atoms with Crippen LogP contribution in [0.25, 0.3) is 0 Å². The van der Waals surface area contributed by atoms with E-state index in [1.165, 1.54) is 32.1 Å². The third-order valence-electron chi connectivity index (χ3n) is 4.55. The molecule has 1 heterocycles. The first-order chi connectivity index (χ1) is 7.58. The number of nitrogens with two attached hydrogens (primary N) is 1. The van der Waals surface area contributed by atoms with Gasteiger partial charge < -0.3 is 15.6 Å². The van der Waals surface area contributed by atoms with Gasteiger partial charge in [0.2, 0.25) is 0 Å². The van der Waals surface area contributed by atoms with E-state index in [0.29, 0.717) is 12.5 Å². The molecule has 2 rings (SSSR count). The molecule has 0 radical (unpaired) electrons. The molecule has 1 spiro atoms. The Bertz CT molecular complexity index is 229. The monoisotopic (exact) mass is 227 g/mol. The standard InChI is InChI=1S/C13H25NO2/c1-12(15,10-14)11-5-8-16-13(9-11)6-3-2-4-7-13/h11,15H,2-10,14H2,1H3. The van der Waals surface area contributed by atoms with Crippen molar-refractivity contribution >= 4 is 0 Å². The number of rotatable bonds is 2. The first-order valence-corrected chi connectivity index (χ1v) is 6.64. The van der Waals surface area contributed by atoms with E-state index < -0.39 is 5.60 Å². The third-order valence-corrected chi connectivity index (χ3v) is 4.55. The van der Waals surface area contributed by atoms with Crippen molar-refractivity contribution in [1.82, 2.24) is 0 Å². The summed E-state index contributed by atoms with van der Waals surface area (Å²) in [4.78, 5) is 0. The molecule has 1 aliphatic carbocycles. The Morgan fingerprint density at radius 1 is 1.38 bits per heavy atom. The van der Waals surface area contributed by atoms with Gasteiger partial charge in [0.1, 0.15) is 0 Å². The zero-order valence-electron chi connectivity index (χ0n) is 10.4. The highest BCUT2D eigenvalue weighted by atomic mass is 16.5. The number of hydrogen-bond acceptors (Lipinski definition) is 3. The maximum absolute atomic E-state index is 10.3. The normalized spacial score (nSPS) is 33.6. The van der Waals surface area contributed by atoms with Crippen molar-refractivity contribution in [1.29, 1.82) is 0 Å². The van der Waals surface area contributed by atoms with E-state index in [9.17, 15) is 5.11 Å². The SMILES string of the molecule is CC(O)(CN)C1CCOC2(CCCCC2)C1. The second kappa shape index (κ2) is 4.63. The second-order valence-corrected chi connectivity index (χ2v) is 5.84. The fourth-order valence-corrected chi connectivity index (χ4v) is 3.27. The first-order valence-electron chi connectivity index (χ1n) is 6.64. The summed E-state index contributed by atoms with van der Waals surface area (Å²) in [5.41, 5.74) is 5.02. The van der Waals surface area contributed by atoms with E-state index >= 15 is 0 Å². The molecule has 1 aliphatic heterocycles. The molecule has 3 N–H and O–H groups in total. The van der Waals surface area contributed by atoms with Crippen molar-refractivity contribution in [2.75, 3.05) is 13.2 Å². The molecular weight excluding hydrogens is 202 g/mol. The lowest BCUT2D eigenvalue weighted by atomic mass is 9.71. The van der Waals surface area contributed by atoms with Gasteiger partial charge in [0.05, 0.1) is 11.2 Å². The molecule has 2 unspecified atom stereocenters. The third kappa shape index (κ3) is 2.41. The van der Waals surface area contributed by atoms with E-state index in [-0.39, 0.29) is 5.60 Å². The highest BCUT2D eigenvalue weighted by Gasteiger charge is 2.43. The van der Waals surface area contributed by atoms with Gasteiger partial charge in [-0.3, -0.25) is 0 Å². The molecule has 3 nitrogen and oxygen atoms in total. The van der Waals surface area contributed by atoms with Crippen molar-refractivity contribution in [3.05, 3.63) is 0 Å². The second-order valence-electron chi connectivity index (χ2n) is 5.84. The van der Waals surface area contributed by atoms with Gasteiger partial charge in [-0.25, -0.2) is 0 Å². The molecule has 3 heteroatoms. The summed E-state index contributed by atoms with van der Waals surface area (Å²) in [7, 11) is 0. The fraction of sp³-hybridized carbons (Fsp3) is 1.00. The molecule has 0 bridgehead atoms. The topological polar surface area (TPSA) is 55.5 Å². The lowest BCUT2D eigenvalue weighted by Crippen LogP contribution is -2.51. The number of ether oxygens (including phenoxy) is 1. The van der Waals surface area contributed by atoms with Crippen LogP contribution in [0.1, 0.15) is 51.9 Å². The molecule has 1 saturated carbocycles. The Labute approximate surface area is 98.4 Å². The molecule has 2 fully saturated rings. The summed E-state index contributed by atoms with van der Waals surface area (Å²) in [5.74, 6) is 0.310. The summed E-state index contributed by atoms with van der Waals surface area (Å²) in [6, 6.07) is 0. The van der Waals surface area contributed by atoms with Crippen molar-refractivity contribution in [2.45, 2.75) is 63.1 Å². The summed E-state index contributed by atoms with van der Waals surface area (Å²) >= 11 is 0. The largest absolute Gasteiger partial charge is 0.389 e. The van der Waals surface area contributed by atoms with Gasteiger partial charge in [0.25, 0.3) is 0 Å². The predicted molar refractivity (Wildman–Crippen MR) is 64.2 cm³/mol. The lowest BCUT2D eigenvalue weighted by Gasteiger charge is -2.47. The van der Waals surface area contributed by atoms with E-state index in [2.05, 4.69) is 0 Å². The van der Waals surface area contributed by atoms with Crippen LogP contribution in [0.3, 0.4) is 0 Å². The summed E-state index contributed by atoms with van der Waals surface area (Å²) in [6.07, 6.45) is 8.18. The summed E-state index contributed by atoms with van der Waals surface area (Å²) in [5, 5.41) is 10.3. The van der Waals surface area contributed by atoms with Crippen LogP contribution < -0.4 is 5.73 Å². The van der Waals surface area contributed by atoms with Crippen LogP contribution in [-0.4, -0.2) is 29.5 Å². The maximum Gasteiger partial charge on any atom is 0.0771 e. The quantitative estimate of drug-likeness (QED) is 0.756. The predicted octanol–water partition coefficient (Wildman–Crippen LogP) is 1.83. The Kier molecular flexibility index (Phi) is 3.57. The Morgan fingerprint density at radius 3 is 2.69 bits per heavy atom. The first kappa shape index (κ1) is 12.3. The maximum atomic E-state index is 10.3. The van der Waals surface area contributed by atoms with Gasteiger partial charge in [0.15, 0.2) is 0 Å². The Balaban J connectivity index is 2.03. The molecule has 2 aliphatic rings. The van der Waals surface area contributed by atoms with Gasteiger partial charge >= 0.3 is 0 Å². The summed E-state index contributed by atoms with van der Waals surface area (Å²) in [6.45, 7) is 3.02. The van der Waals surface area contributed by atoms with Crippen molar-refractivity contribution in [3.63, 3.8) is 0 Å². The number of hydrogen-bond donors (Lipinski definition) is 2. The molecule has 2 atom stereocenters. The number of aliphatic hydroxyl groups is 1. The molecular formula is C13H25NO2. The molecule has 0 aromatic carbocycles. The van der Waals surface area contributed by atoms with Crippen molar-refractivity contribution < 1.29 is 9.84 Å². The van der Waals surface area contributed by atoms with Gasteiger partial charge in [-0.1, -0.05) is 19.3 Å². The highest BCUT2D eigenvalue weighted by molar-refractivity contribution is 4.95. The van der Waals surface area contributed by atoms with E-state index in [0.717, 1.165) is 19.4 Å². The smallest absolute Gasteiger partial charge is 0.0771 e. The van der Waals surface area contributed by atoms with Gasteiger partial charge in [-0.2, -0.15) is 0 Å². The fourth-order valence-electron chi connectivity index (χ4n) is 3.27. The van der Waals surface area contributed by atoms with Crippen LogP contribution in [0.15, 0.2) is 0 Å². The van der Waals surface area contributed by atoms with E-state index in [1.807, 2.05) is 6.92 Å². The van der Waals surface area contributed by atoms with Crippen LogP contribution in [0, 0.1) is 5.92 Å². The lowest BCUT2D eigenvalue weighted by molar-refractivity contribution is -0.150. The Morgan fingerprint density at radius 2 is 2.06 bits per heavy atom. The molecule has 0 aromatic rings. The molecule has 0 amide bonds. The molecule has 0 aromatic heterocycles. The molecule has 1 saturated heterocycles. The van der Waals surface area contributed by atoms with E-state index in [4.69, 9.17) is 10.5 Å². The minimum Gasteiger partial charge on any atom is -0.389 e. The zero-order valence-corrected chi connectivity index (χ0v) is 10.4. The minimum absolute atomic E-state index is 0.0698. The van der Waals surface area contributed by atoms with Gasteiger partial charge in [0, 0.05) is 13.2 Å². The van der Waals surface area contributed by atoms with Crippen molar-refractivity contribution in [3.8, 4) is 0 Å².